The highest BCUT2D eigenvalue weighted by Crippen LogP contribution is 2.19. The summed E-state index contributed by atoms with van der Waals surface area (Å²) in [4.78, 5) is 4.54. The summed E-state index contributed by atoms with van der Waals surface area (Å²) in [6.07, 6.45) is 1.92. The molecule has 1 heteroatoms. The third-order valence-electron chi connectivity index (χ3n) is 2.79. The summed E-state index contributed by atoms with van der Waals surface area (Å²) in [5.74, 6) is 0. The first-order valence-corrected chi connectivity index (χ1v) is 5.83. The normalized spacial score (nSPS) is 11.0. The van der Waals surface area contributed by atoms with Gasteiger partial charge in [-0.15, -0.1) is 0 Å². The van der Waals surface area contributed by atoms with Crippen molar-refractivity contribution < 1.29 is 0 Å². The van der Waals surface area contributed by atoms with Crippen molar-refractivity contribution in [3.63, 3.8) is 0 Å². The molecule has 0 aliphatic heterocycles. The van der Waals surface area contributed by atoms with Crippen LogP contribution in [0.25, 0.3) is 0 Å². The Kier molecular flexibility index (Phi) is 3.38. The molecular formula is C16H17N. The van der Waals surface area contributed by atoms with Crippen molar-refractivity contribution in [2.24, 2.45) is 4.99 Å². The highest BCUT2D eigenvalue weighted by molar-refractivity contribution is 5.82. The molecular weight excluding hydrogens is 206 g/mol. The van der Waals surface area contributed by atoms with E-state index in [2.05, 4.69) is 68.2 Å². The Morgan fingerprint density at radius 2 is 1.47 bits per heavy atom. The van der Waals surface area contributed by atoms with Gasteiger partial charge < -0.3 is 0 Å². The molecule has 0 aromatic heterocycles. The van der Waals surface area contributed by atoms with Gasteiger partial charge >= 0.3 is 0 Å². The smallest absolute Gasteiger partial charge is 0.0661 e. The second-order valence-electron chi connectivity index (χ2n) is 4.46. The van der Waals surface area contributed by atoms with Gasteiger partial charge in [-0.05, 0) is 43.5 Å². The van der Waals surface area contributed by atoms with Gasteiger partial charge in [-0.3, -0.25) is 4.99 Å². The van der Waals surface area contributed by atoms with Crippen LogP contribution in [-0.2, 0) is 0 Å². The number of hydrogen-bond acceptors (Lipinski definition) is 1. The van der Waals surface area contributed by atoms with Gasteiger partial charge in [0.05, 0.1) is 5.69 Å². The maximum atomic E-state index is 4.54. The Labute approximate surface area is 103 Å². The molecule has 0 unspecified atom stereocenters. The molecule has 2 rings (SSSR count). The van der Waals surface area contributed by atoms with Crippen molar-refractivity contribution in [2.75, 3.05) is 0 Å². The van der Waals surface area contributed by atoms with Crippen LogP contribution in [0.1, 0.15) is 22.3 Å². The molecule has 2 aromatic carbocycles. The summed E-state index contributed by atoms with van der Waals surface area (Å²) in [6.45, 7) is 6.26. The fraction of sp³-hybridized carbons (Fsp3) is 0.188. The lowest BCUT2D eigenvalue weighted by atomic mass is 10.1. The first kappa shape index (κ1) is 11.6. The van der Waals surface area contributed by atoms with Gasteiger partial charge in [-0.1, -0.05) is 42.0 Å². The minimum absolute atomic E-state index is 1.05. The van der Waals surface area contributed by atoms with E-state index in [0.717, 1.165) is 11.3 Å². The lowest BCUT2D eigenvalue weighted by molar-refractivity contribution is 1.35. The zero-order valence-electron chi connectivity index (χ0n) is 10.6. The summed E-state index contributed by atoms with van der Waals surface area (Å²) in [5.41, 5.74) is 5.90. The van der Waals surface area contributed by atoms with Crippen LogP contribution in [0.2, 0.25) is 0 Å². The molecule has 1 nitrogen and oxygen atoms in total. The van der Waals surface area contributed by atoms with E-state index in [1.807, 2.05) is 6.21 Å². The van der Waals surface area contributed by atoms with E-state index < -0.39 is 0 Å². The molecule has 0 radical (unpaired) electrons. The third kappa shape index (κ3) is 3.04. The predicted molar refractivity (Wildman–Crippen MR) is 74.3 cm³/mol. The van der Waals surface area contributed by atoms with Gasteiger partial charge in [-0.25, -0.2) is 0 Å². The van der Waals surface area contributed by atoms with Crippen LogP contribution in [0.3, 0.4) is 0 Å². The molecule has 0 saturated carbocycles. The maximum absolute atomic E-state index is 4.54. The minimum Gasteiger partial charge on any atom is -0.256 e. The Hall–Kier alpha value is -1.89. The van der Waals surface area contributed by atoms with Crippen LogP contribution in [0.4, 0.5) is 5.69 Å². The van der Waals surface area contributed by atoms with Gasteiger partial charge in [-0.2, -0.15) is 0 Å². The Bertz CT molecular complexity index is 536. The second-order valence-corrected chi connectivity index (χ2v) is 4.46. The number of rotatable bonds is 2. The van der Waals surface area contributed by atoms with E-state index in [-0.39, 0.29) is 0 Å². The molecule has 0 aliphatic rings. The summed E-state index contributed by atoms with van der Waals surface area (Å²) < 4.78 is 0. The van der Waals surface area contributed by atoms with Crippen LogP contribution in [0.15, 0.2) is 47.5 Å². The van der Waals surface area contributed by atoms with Crippen molar-refractivity contribution in [2.45, 2.75) is 20.8 Å². The second kappa shape index (κ2) is 4.96. The molecule has 0 heterocycles. The molecule has 0 spiro atoms. The average Bonchev–Trinajstić information content (AvgIpc) is 2.32. The topological polar surface area (TPSA) is 12.4 Å². The third-order valence-corrected chi connectivity index (χ3v) is 2.79. The van der Waals surface area contributed by atoms with Crippen LogP contribution >= 0.6 is 0 Å². The van der Waals surface area contributed by atoms with Crippen molar-refractivity contribution in [3.8, 4) is 0 Å². The highest BCUT2D eigenvalue weighted by atomic mass is 14.7. The van der Waals surface area contributed by atoms with Crippen LogP contribution < -0.4 is 0 Å². The summed E-state index contributed by atoms with van der Waals surface area (Å²) in [7, 11) is 0. The van der Waals surface area contributed by atoms with Crippen molar-refractivity contribution >= 4 is 11.9 Å². The Balaban J connectivity index is 2.25. The lowest BCUT2D eigenvalue weighted by Gasteiger charge is -2.01. The fourth-order valence-corrected chi connectivity index (χ4v) is 1.66. The summed E-state index contributed by atoms with van der Waals surface area (Å²) in [5, 5.41) is 0. The molecule has 0 N–H and O–H groups in total. The molecule has 0 aliphatic carbocycles. The van der Waals surface area contributed by atoms with E-state index >= 15 is 0 Å². The van der Waals surface area contributed by atoms with Gasteiger partial charge in [0.15, 0.2) is 0 Å². The van der Waals surface area contributed by atoms with Crippen molar-refractivity contribution in [3.05, 3.63) is 64.7 Å². The van der Waals surface area contributed by atoms with Crippen LogP contribution in [-0.4, -0.2) is 6.21 Å². The van der Waals surface area contributed by atoms with E-state index in [1.165, 1.54) is 16.7 Å². The number of benzene rings is 2. The van der Waals surface area contributed by atoms with Gasteiger partial charge in [0.25, 0.3) is 0 Å². The van der Waals surface area contributed by atoms with E-state index in [0.29, 0.717) is 0 Å². The number of aliphatic imine (C=N–C) groups is 1. The molecule has 86 valence electrons. The quantitative estimate of drug-likeness (QED) is 0.671. The SMILES string of the molecule is Cc1ccc(C=Nc2cc(C)ccc2C)cc1. The monoisotopic (exact) mass is 223 g/mol. The van der Waals surface area contributed by atoms with E-state index in [4.69, 9.17) is 0 Å². The average molecular weight is 223 g/mol. The zero-order chi connectivity index (χ0) is 12.3. The fourth-order valence-electron chi connectivity index (χ4n) is 1.66. The van der Waals surface area contributed by atoms with Crippen molar-refractivity contribution in [1.82, 2.24) is 0 Å². The van der Waals surface area contributed by atoms with Gasteiger partial charge in [0.1, 0.15) is 0 Å². The van der Waals surface area contributed by atoms with E-state index in [1.54, 1.807) is 0 Å². The first-order chi connectivity index (χ1) is 8.15. The Morgan fingerprint density at radius 3 is 2.18 bits per heavy atom. The molecule has 2 aromatic rings. The molecule has 0 saturated heterocycles. The lowest BCUT2D eigenvalue weighted by Crippen LogP contribution is -1.82. The largest absolute Gasteiger partial charge is 0.256 e. The molecule has 0 atom stereocenters. The highest BCUT2D eigenvalue weighted by Gasteiger charge is 1.95. The maximum Gasteiger partial charge on any atom is 0.0661 e. The molecule has 17 heavy (non-hydrogen) atoms. The van der Waals surface area contributed by atoms with Crippen LogP contribution in [0.5, 0.6) is 0 Å². The number of hydrogen-bond donors (Lipinski definition) is 0. The summed E-state index contributed by atoms with van der Waals surface area (Å²) >= 11 is 0. The predicted octanol–water partition coefficient (Wildman–Crippen LogP) is 4.36. The molecule has 0 fully saturated rings. The minimum atomic E-state index is 1.05. The van der Waals surface area contributed by atoms with Gasteiger partial charge in [0, 0.05) is 6.21 Å². The van der Waals surface area contributed by atoms with Gasteiger partial charge in [0.2, 0.25) is 0 Å². The molecule has 0 bridgehead atoms. The van der Waals surface area contributed by atoms with Crippen LogP contribution in [0, 0.1) is 20.8 Å². The number of aryl methyl sites for hydroxylation is 3. The Morgan fingerprint density at radius 1 is 0.824 bits per heavy atom. The first-order valence-electron chi connectivity index (χ1n) is 5.83. The number of nitrogens with zero attached hydrogens (tertiary/aromatic N) is 1. The van der Waals surface area contributed by atoms with Crippen molar-refractivity contribution in [1.29, 1.82) is 0 Å². The zero-order valence-corrected chi connectivity index (χ0v) is 10.6. The molecule has 0 amide bonds. The van der Waals surface area contributed by atoms with E-state index in [9.17, 15) is 0 Å². The summed E-state index contributed by atoms with van der Waals surface area (Å²) in [6, 6.07) is 14.7. The standard InChI is InChI=1S/C16H17N/c1-12-5-8-15(9-6-12)11-17-16-10-13(2)4-7-14(16)3/h4-11H,1-3H3.